The number of hydrogen-bond acceptors (Lipinski definition) is 13. The van der Waals surface area contributed by atoms with E-state index in [0.29, 0.717) is 70.9 Å². The van der Waals surface area contributed by atoms with Crippen molar-refractivity contribution in [2.24, 2.45) is 58.4 Å². The monoisotopic (exact) mass is 1090 g/mol. The molecular formula is C53H97N13O11. The Morgan fingerprint density at radius 2 is 1.03 bits per heavy atom. The topological polar surface area (TPSA) is 391 Å². The lowest BCUT2D eigenvalue weighted by Gasteiger charge is -2.32. The summed E-state index contributed by atoms with van der Waals surface area (Å²) in [5, 5.41) is 21.3. The van der Waals surface area contributed by atoms with Crippen molar-refractivity contribution in [3.05, 3.63) is 0 Å². The third-order valence-corrected chi connectivity index (χ3v) is 15.2. The van der Waals surface area contributed by atoms with Crippen molar-refractivity contribution >= 4 is 65.0 Å². The fraction of sp³-hybridized carbons (Fsp3) is 0.792. The molecule has 1 heterocycles. The van der Waals surface area contributed by atoms with E-state index in [4.69, 9.17) is 22.9 Å². The van der Waals surface area contributed by atoms with Gasteiger partial charge in [-0.25, -0.2) is 0 Å². The second kappa shape index (κ2) is 34.8. The maximum atomic E-state index is 14.1. The van der Waals surface area contributed by atoms with Crippen LogP contribution in [0.1, 0.15) is 160 Å². The molecule has 0 radical (unpaired) electrons. The first-order valence-electron chi connectivity index (χ1n) is 27.9. The Hall–Kier alpha value is -5.91. The molecule has 440 valence electrons. The SMILES string of the molecule is CCC(C)C(CC(=O)N1CCCC1C(=O)NC(C(=O)NC(C(=O)NCC(=O)NC(CC(N)=O)C(=O)NC(C(=O)NC(C(=O)NC(CCCCN)C(N)=O)C(C)CC)C(C)CC)C(C)C)C(C)CC)NC(=O)C(N)C(C)CC. The Bertz CT molecular complexity index is 1990. The van der Waals surface area contributed by atoms with Gasteiger partial charge in [-0.15, -0.1) is 0 Å². The van der Waals surface area contributed by atoms with Gasteiger partial charge in [0, 0.05) is 19.0 Å². The third kappa shape index (κ3) is 22.5. The summed E-state index contributed by atoms with van der Waals surface area (Å²) in [6.45, 7) is 21.6. The number of unbranched alkanes of at least 4 members (excludes halogenated alkanes) is 1. The Labute approximate surface area is 456 Å². The van der Waals surface area contributed by atoms with E-state index in [1.54, 1.807) is 41.5 Å². The van der Waals surface area contributed by atoms with Gasteiger partial charge in [-0.3, -0.25) is 52.7 Å². The van der Waals surface area contributed by atoms with Crippen LogP contribution in [0.15, 0.2) is 0 Å². The van der Waals surface area contributed by atoms with Crippen LogP contribution in [0.2, 0.25) is 0 Å². The molecule has 77 heavy (non-hydrogen) atoms. The van der Waals surface area contributed by atoms with E-state index in [1.165, 1.54) is 4.90 Å². The van der Waals surface area contributed by atoms with Crippen molar-refractivity contribution in [2.45, 2.75) is 215 Å². The summed E-state index contributed by atoms with van der Waals surface area (Å²) < 4.78 is 0. The number of amides is 11. The van der Waals surface area contributed by atoms with Crippen LogP contribution in [-0.2, 0) is 52.7 Å². The molecule has 14 unspecified atom stereocenters. The summed E-state index contributed by atoms with van der Waals surface area (Å²) in [5.41, 5.74) is 22.8. The predicted octanol–water partition coefficient (Wildman–Crippen LogP) is -0.419. The summed E-state index contributed by atoms with van der Waals surface area (Å²) in [7, 11) is 0. The average molecular weight is 1090 g/mol. The molecule has 1 fully saturated rings. The zero-order valence-electron chi connectivity index (χ0n) is 48.0. The number of hydrogen-bond donors (Lipinski definition) is 12. The van der Waals surface area contributed by atoms with Gasteiger partial charge in [0.2, 0.25) is 65.0 Å². The molecule has 16 N–H and O–H groups in total. The van der Waals surface area contributed by atoms with E-state index < -0.39 is 144 Å². The van der Waals surface area contributed by atoms with Gasteiger partial charge in [0.25, 0.3) is 0 Å². The molecule has 11 amide bonds. The Morgan fingerprint density at radius 1 is 0.532 bits per heavy atom. The average Bonchev–Trinajstić information content (AvgIpc) is 3.90. The summed E-state index contributed by atoms with van der Waals surface area (Å²) in [6.07, 6.45) is 4.16. The highest BCUT2D eigenvalue weighted by molar-refractivity contribution is 5.98. The van der Waals surface area contributed by atoms with Crippen molar-refractivity contribution in [2.75, 3.05) is 19.6 Å². The number of rotatable bonds is 36. The van der Waals surface area contributed by atoms with Gasteiger partial charge < -0.3 is 70.4 Å². The van der Waals surface area contributed by atoms with Gasteiger partial charge >= 0.3 is 0 Å². The predicted molar refractivity (Wildman–Crippen MR) is 292 cm³/mol. The molecule has 24 nitrogen and oxygen atoms in total. The number of nitrogens with two attached hydrogens (primary N) is 4. The molecule has 0 bridgehead atoms. The van der Waals surface area contributed by atoms with Crippen LogP contribution in [0.5, 0.6) is 0 Å². The Balaban J connectivity index is 3.20. The number of nitrogens with one attached hydrogen (secondary N) is 8. The Kier molecular flexibility index (Phi) is 31.2. The van der Waals surface area contributed by atoms with Crippen molar-refractivity contribution in [1.82, 2.24) is 47.4 Å². The summed E-state index contributed by atoms with van der Waals surface area (Å²) in [6, 6.07) is -9.54. The van der Waals surface area contributed by atoms with Crippen LogP contribution >= 0.6 is 0 Å². The molecule has 0 saturated carbocycles. The van der Waals surface area contributed by atoms with Gasteiger partial charge in [-0.1, -0.05) is 115 Å². The molecular weight excluding hydrogens is 995 g/mol. The zero-order valence-corrected chi connectivity index (χ0v) is 48.0. The minimum atomic E-state index is -1.61. The largest absolute Gasteiger partial charge is 0.370 e. The van der Waals surface area contributed by atoms with Crippen LogP contribution in [0.4, 0.5) is 0 Å². The molecule has 1 saturated heterocycles. The smallest absolute Gasteiger partial charge is 0.243 e. The van der Waals surface area contributed by atoms with Crippen LogP contribution < -0.4 is 65.5 Å². The number of carbonyl (C=O) groups excluding carboxylic acids is 11. The molecule has 1 rings (SSSR count). The molecule has 0 aromatic rings. The first-order valence-corrected chi connectivity index (χ1v) is 27.9. The van der Waals surface area contributed by atoms with E-state index >= 15 is 0 Å². The standard InChI is InChI=1S/C53H97N13O11/c1-13-29(8)35(61-49(73)41(56)30(9)14-2)26-40(69)66-24-20-22-37(66)48(72)64-45(33(12)17-5)52(76)62-42(28(6)7)50(74)58-27-39(68)59-36(25-38(55)67)47(71)63-44(32(11)16-4)53(77)65-43(31(10)15-3)51(75)60-34(46(57)70)21-18-19-23-54/h28-37,41-45H,13-27,54,56H2,1-12H3,(H2,55,67)(H2,57,70)(H,58,74)(H,59,68)(H,60,75)(H,61,73)(H,62,76)(H,63,71)(H,64,72)(H,65,77). The first-order chi connectivity index (χ1) is 36.1. The molecule has 1 aliphatic heterocycles. The van der Waals surface area contributed by atoms with Gasteiger partial charge in [-0.2, -0.15) is 0 Å². The lowest BCUT2D eigenvalue weighted by Crippen LogP contribution is -2.61. The lowest BCUT2D eigenvalue weighted by atomic mass is 9.93. The highest BCUT2D eigenvalue weighted by Gasteiger charge is 2.40. The first kappa shape index (κ1) is 69.1. The number of primary amides is 2. The molecule has 14 atom stereocenters. The second-order valence-electron chi connectivity index (χ2n) is 21.5. The molecule has 0 spiro atoms. The van der Waals surface area contributed by atoms with Crippen LogP contribution in [0.3, 0.4) is 0 Å². The minimum absolute atomic E-state index is 0.0475. The van der Waals surface area contributed by atoms with Crippen molar-refractivity contribution in [3.63, 3.8) is 0 Å². The van der Waals surface area contributed by atoms with E-state index in [2.05, 4.69) is 42.5 Å². The Morgan fingerprint density at radius 3 is 1.51 bits per heavy atom. The number of nitrogens with zero attached hydrogens (tertiary/aromatic N) is 1. The quantitative estimate of drug-likeness (QED) is 0.0355. The molecule has 0 aliphatic carbocycles. The van der Waals surface area contributed by atoms with Crippen LogP contribution in [-0.4, -0.2) is 144 Å². The molecule has 1 aliphatic rings. The highest BCUT2D eigenvalue weighted by Crippen LogP contribution is 2.23. The number of carbonyl (C=O) groups is 11. The lowest BCUT2D eigenvalue weighted by molar-refractivity contribution is -0.141. The molecule has 0 aromatic carbocycles. The van der Waals surface area contributed by atoms with Gasteiger partial charge in [0.1, 0.15) is 42.3 Å². The fourth-order valence-corrected chi connectivity index (χ4v) is 8.72. The minimum Gasteiger partial charge on any atom is -0.370 e. The van der Waals surface area contributed by atoms with Gasteiger partial charge in [0.15, 0.2) is 0 Å². The van der Waals surface area contributed by atoms with Crippen LogP contribution in [0, 0.1) is 35.5 Å². The van der Waals surface area contributed by atoms with Crippen molar-refractivity contribution < 1.29 is 52.7 Å². The van der Waals surface area contributed by atoms with Crippen molar-refractivity contribution in [1.29, 1.82) is 0 Å². The van der Waals surface area contributed by atoms with E-state index in [-0.39, 0.29) is 36.5 Å². The fourth-order valence-electron chi connectivity index (χ4n) is 8.72. The maximum absolute atomic E-state index is 14.1. The third-order valence-electron chi connectivity index (χ3n) is 15.2. The van der Waals surface area contributed by atoms with Gasteiger partial charge in [0.05, 0.1) is 19.0 Å². The van der Waals surface area contributed by atoms with E-state index in [1.807, 2.05) is 41.5 Å². The summed E-state index contributed by atoms with van der Waals surface area (Å²) in [4.78, 5) is 149. The summed E-state index contributed by atoms with van der Waals surface area (Å²) in [5.74, 6) is -9.74. The van der Waals surface area contributed by atoms with E-state index in [0.717, 1.165) is 0 Å². The van der Waals surface area contributed by atoms with Gasteiger partial charge in [-0.05, 0) is 74.2 Å². The second-order valence-corrected chi connectivity index (χ2v) is 21.5. The van der Waals surface area contributed by atoms with E-state index in [9.17, 15) is 52.7 Å². The highest BCUT2D eigenvalue weighted by atomic mass is 16.2. The summed E-state index contributed by atoms with van der Waals surface area (Å²) >= 11 is 0. The molecule has 0 aromatic heterocycles. The maximum Gasteiger partial charge on any atom is 0.243 e. The zero-order chi connectivity index (χ0) is 58.9. The van der Waals surface area contributed by atoms with Crippen LogP contribution in [0.25, 0.3) is 0 Å². The van der Waals surface area contributed by atoms with Crippen molar-refractivity contribution in [3.8, 4) is 0 Å². The number of likely N-dealkylation sites (tertiary alicyclic amines) is 1. The molecule has 24 heteroatoms. The normalized spacial score (nSPS) is 18.4.